The largest absolute Gasteiger partial charge is 0.381 e. The molecule has 0 aromatic heterocycles. The third-order valence-electron chi connectivity index (χ3n) is 2.39. The maximum absolute atomic E-state index is 5.32. The lowest BCUT2D eigenvalue weighted by Gasteiger charge is -2.11. The number of halogens is 1. The maximum Gasteiger partial charge on any atom is 0.0660 e. The van der Waals surface area contributed by atoms with Gasteiger partial charge in [0.05, 0.1) is 6.10 Å². The molecule has 0 radical (unpaired) electrons. The van der Waals surface area contributed by atoms with E-state index in [-0.39, 0.29) is 0 Å². The third-order valence-corrected chi connectivity index (χ3v) is 3.37. The van der Waals surface area contributed by atoms with Crippen LogP contribution in [0.2, 0.25) is 0 Å². The van der Waals surface area contributed by atoms with Crippen LogP contribution in [0.15, 0.2) is 0 Å². The first kappa shape index (κ1) is 13.7. The van der Waals surface area contributed by atoms with Crippen molar-refractivity contribution in [1.82, 2.24) is 0 Å². The fraction of sp³-hybridized carbons (Fsp3) is 1.00. The maximum atomic E-state index is 5.32. The molecule has 0 amide bonds. The number of hydrogen-bond acceptors (Lipinski definition) is 1. The highest BCUT2D eigenvalue weighted by Crippen LogP contribution is 2.11. The second-order valence-corrected chi connectivity index (χ2v) is 4.45. The Morgan fingerprint density at radius 3 is 2.23 bits per heavy atom. The third kappa shape index (κ3) is 9.01. The van der Waals surface area contributed by atoms with E-state index >= 15 is 0 Å². The molecule has 0 heterocycles. The van der Waals surface area contributed by atoms with Crippen molar-refractivity contribution < 1.29 is 4.74 Å². The van der Waals surface area contributed by atoms with E-state index in [1.165, 1.54) is 44.9 Å². The lowest BCUT2D eigenvalue weighted by molar-refractivity contribution is 0.114. The molecule has 0 aromatic rings. The summed E-state index contributed by atoms with van der Waals surface area (Å²) in [6.45, 7) is 2.26. The Balaban J connectivity index is 3.05. The first-order valence-electron chi connectivity index (χ1n) is 5.43. The summed E-state index contributed by atoms with van der Waals surface area (Å²) in [6, 6.07) is 0. The summed E-state index contributed by atoms with van der Waals surface area (Å²) in [5.41, 5.74) is 0. The Morgan fingerprint density at radius 1 is 1.08 bits per heavy atom. The van der Waals surface area contributed by atoms with E-state index in [9.17, 15) is 0 Å². The Labute approximate surface area is 96.8 Å². The molecule has 0 aliphatic rings. The van der Waals surface area contributed by atoms with Gasteiger partial charge in [0.15, 0.2) is 0 Å². The van der Waals surface area contributed by atoms with E-state index < -0.39 is 0 Å². The minimum Gasteiger partial charge on any atom is -0.381 e. The summed E-state index contributed by atoms with van der Waals surface area (Å²) in [7, 11) is 1.82. The molecule has 0 aromatic carbocycles. The second kappa shape index (κ2) is 10.8. The van der Waals surface area contributed by atoms with Gasteiger partial charge in [0.25, 0.3) is 0 Å². The molecule has 0 fully saturated rings. The van der Waals surface area contributed by atoms with Crippen molar-refractivity contribution in [3.8, 4) is 0 Å². The van der Waals surface area contributed by atoms with Gasteiger partial charge in [-0.2, -0.15) is 0 Å². The highest BCUT2D eigenvalue weighted by atomic mass is 127. The fourth-order valence-corrected chi connectivity index (χ4v) is 2.21. The zero-order valence-electron chi connectivity index (χ0n) is 9.02. The molecule has 0 N–H and O–H groups in total. The van der Waals surface area contributed by atoms with Crippen molar-refractivity contribution in [3.05, 3.63) is 0 Å². The van der Waals surface area contributed by atoms with Crippen LogP contribution < -0.4 is 0 Å². The minimum atomic E-state index is 0.492. The van der Waals surface area contributed by atoms with Gasteiger partial charge in [0, 0.05) is 11.5 Å². The van der Waals surface area contributed by atoms with Gasteiger partial charge in [-0.3, -0.25) is 0 Å². The van der Waals surface area contributed by atoms with Crippen LogP contribution in [0.1, 0.15) is 51.9 Å². The molecule has 0 spiro atoms. The molecule has 1 nitrogen and oxygen atoms in total. The van der Waals surface area contributed by atoms with Gasteiger partial charge >= 0.3 is 0 Å². The van der Waals surface area contributed by atoms with E-state index in [0.717, 1.165) is 4.43 Å². The summed E-state index contributed by atoms with van der Waals surface area (Å²) in [6.07, 6.45) is 10.0. The van der Waals surface area contributed by atoms with Gasteiger partial charge in [-0.25, -0.2) is 0 Å². The molecule has 0 bridgehead atoms. The van der Waals surface area contributed by atoms with Crippen molar-refractivity contribution >= 4 is 22.6 Å². The van der Waals surface area contributed by atoms with Crippen LogP contribution in [0, 0.1) is 0 Å². The van der Waals surface area contributed by atoms with E-state index in [1.54, 1.807) is 0 Å². The van der Waals surface area contributed by atoms with Crippen LogP contribution in [0.3, 0.4) is 0 Å². The van der Waals surface area contributed by atoms with Gasteiger partial charge in [-0.05, 0) is 6.42 Å². The molecular formula is C11H23IO. The van der Waals surface area contributed by atoms with E-state index in [4.69, 9.17) is 4.74 Å². The Bertz CT molecular complexity index is 92.1. The lowest BCUT2D eigenvalue weighted by Crippen LogP contribution is -2.11. The van der Waals surface area contributed by atoms with E-state index in [2.05, 4.69) is 29.5 Å². The molecule has 2 heteroatoms. The topological polar surface area (TPSA) is 9.23 Å². The number of rotatable bonds is 9. The highest BCUT2D eigenvalue weighted by molar-refractivity contribution is 14.1. The van der Waals surface area contributed by atoms with E-state index in [1.807, 2.05) is 7.11 Å². The number of alkyl halides is 1. The first-order valence-corrected chi connectivity index (χ1v) is 6.96. The Kier molecular flexibility index (Phi) is 11.3. The van der Waals surface area contributed by atoms with Crippen LogP contribution in [-0.4, -0.2) is 17.6 Å². The quantitative estimate of drug-likeness (QED) is 0.352. The van der Waals surface area contributed by atoms with Crippen LogP contribution in [0.4, 0.5) is 0 Å². The Morgan fingerprint density at radius 2 is 1.69 bits per heavy atom. The monoisotopic (exact) mass is 298 g/mol. The van der Waals surface area contributed by atoms with Crippen molar-refractivity contribution in [2.24, 2.45) is 0 Å². The summed E-state index contributed by atoms with van der Waals surface area (Å²) >= 11 is 2.40. The SMILES string of the molecule is CCCCCCCCC(CI)OC. The normalized spacial score (nSPS) is 13.2. The molecule has 1 atom stereocenters. The average Bonchev–Trinajstić information content (AvgIpc) is 2.17. The van der Waals surface area contributed by atoms with Crippen molar-refractivity contribution in [2.75, 3.05) is 11.5 Å². The van der Waals surface area contributed by atoms with Crippen molar-refractivity contribution in [3.63, 3.8) is 0 Å². The summed E-state index contributed by atoms with van der Waals surface area (Å²) < 4.78 is 6.45. The number of methoxy groups -OCH3 is 1. The lowest BCUT2D eigenvalue weighted by atomic mass is 10.1. The van der Waals surface area contributed by atoms with Crippen LogP contribution in [-0.2, 0) is 4.74 Å². The molecule has 13 heavy (non-hydrogen) atoms. The molecule has 0 saturated carbocycles. The smallest absolute Gasteiger partial charge is 0.0660 e. The zero-order chi connectivity index (χ0) is 9.94. The molecule has 0 aliphatic carbocycles. The molecular weight excluding hydrogens is 275 g/mol. The van der Waals surface area contributed by atoms with Gasteiger partial charge in [0.2, 0.25) is 0 Å². The number of ether oxygens (including phenoxy) is 1. The summed E-state index contributed by atoms with van der Waals surface area (Å²) in [5.74, 6) is 0. The predicted molar refractivity (Wildman–Crippen MR) is 67.7 cm³/mol. The molecule has 0 aliphatic heterocycles. The molecule has 0 rings (SSSR count). The predicted octanol–water partition coefficient (Wildman–Crippen LogP) is 4.19. The average molecular weight is 298 g/mol. The second-order valence-electron chi connectivity index (χ2n) is 3.57. The molecule has 0 saturated heterocycles. The Hall–Kier alpha value is 0.690. The molecule has 1 unspecified atom stereocenters. The first-order chi connectivity index (χ1) is 6.35. The number of unbranched alkanes of at least 4 members (excludes halogenated alkanes) is 5. The minimum absolute atomic E-state index is 0.492. The standard InChI is InChI=1S/C11H23IO/c1-3-4-5-6-7-8-9-11(10-12)13-2/h11H,3-10H2,1-2H3. The molecule has 80 valence electrons. The summed E-state index contributed by atoms with van der Waals surface area (Å²) in [4.78, 5) is 0. The van der Waals surface area contributed by atoms with Crippen LogP contribution in [0.5, 0.6) is 0 Å². The van der Waals surface area contributed by atoms with Gasteiger partial charge in [0.1, 0.15) is 0 Å². The van der Waals surface area contributed by atoms with Crippen LogP contribution >= 0.6 is 22.6 Å². The highest BCUT2D eigenvalue weighted by Gasteiger charge is 2.03. The fourth-order valence-electron chi connectivity index (χ4n) is 1.41. The zero-order valence-corrected chi connectivity index (χ0v) is 11.2. The summed E-state index contributed by atoms with van der Waals surface area (Å²) in [5, 5.41) is 0. The van der Waals surface area contributed by atoms with Crippen molar-refractivity contribution in [2.45, 2.75) is 58.0 Å². The van der Waals surface area contributed by atoms with Gasteiger partial charge in [-0.15, -0.1) is 0 Å². The van der Waals surface area contributed by atoms with Crippen LogP contribution in [0.25, 0.3) is 0 Å². The van der Waals surface area contributed by atoms with E-state index in [0.29, 0.717) is 6.10 Å². The van der Waals surface area contributed by atoms with Gasteiger partial charge < -0.3 is 4.74 Å². The number of hydrogen-bond donors (Lipinski definition) is 0. The van der Waals surface area contributed by atoms with Gasteiger partial charge in [-0.1, -0.05) is 68.0 Å². The van der Waals surface area contributed by atoms with Crippen molar-refractivity contribution in [1.29, 1.82) is 0 Å².